The van der Waals surface area contributed by atoms with Crippen molar-refractivity contribution >= 4 is 56.7 Å². The third-order valence-corrected chi connectivity index (χ3v) is 10.7. The van der Waals surface area contributed by atoms with E-state index >= 15 is 0 Å². The monoisotopic (exact) mass is 674 g/mol. The van der Waals surface area contributed by atoms with E-state index in [2.05, 4.69) is 90.1 Å². The summed E-state index contributed by atoms with van der Waals surface area (Å²) in [5, 5.41) is 0. The van der Waals surface area contributed by atoms with Crippen molar-refractivity contribution in [1.29, 1.82) is 0 Å². The summed E-state index contributed by atoms with van der Waals surface area (Å²) in [7, 11) is 0. The molecule has 0 aromatic carbocycles. The first kappa shape index (κ1) is 29.9. The number of hydrogen-bond donors (Lipinski definition) is 0. The summed E-state index contributed by atoms with van der Waals surface area (Å²) in [6.07, 6.45) is 0. The van der Waals surface area contributed by atoms with E-state index in [0.29, 0.717) is 0 Å². The van der Waals surface area contributed by atoms with Crippen molar-refractivity contribution in [1.82, 2.24) is 0 Å². The Kier molecular flexibility index (Phi) is 12.1. The SMILES string of the molecule is Cc1ccc(-c2[c-]c(C)c(-c3ccc(C)s3)s2)s1.Cc1ccc(-c2[c-]c(C)c(C)s2)s1.[Y].[Y]. The molecule has 0 atom stereocenters. The largest absolute Gasteiger partial charge is 0.234 e. The quantitative estimate of drug-likeness (QED) is 0.167. The van der Waals surface area contributed by atoms with Gasteiger partial charge in [-0.05, 0) is 41.5 Å². The maximum Gasteiger partial charge on any atom is 0.000969 e. The Morgan fingerprint density at radius 3 is 1.30 bits per heavy atom. The van der Waals surface area contributed by atoms with Crippen LogP contribution in [0.5, 0.6) is 0 Å². The maximum absolute atomic E-state index is 3.52. The molecule has 2 radical (unpaired) electrons. The first-order valence-corrected chi connectivity index (χ1v) is 14.1. The van der Waals surface area contributed by atoms with Gasteiger partial charge in [-0.25, -0.2) is 45.3 Å². The molecular formula is C26H24S5Y2-2. The van der Waals surface area contributed by atoms with Crippen molar-refractivity contribution in [2.45, 2.75) is 41.5 Å². The molecule has 5 heterocycles. The van der Waals surface area contributed by atoms with E-state index in [1.165, 1.54) is 59.9 Å². The summed E-state index contributed by atoms with van der Waals surface area (Å²) in [5.41, 5.74) is 2.55. The third-order valence-electron chi connectivity index (χ3n) is 4.82. The van der Waals surface area contributed by atoms with Gasteiger partial charge < -0.3 is 0 Å². The van der Waals surface area contributed by atoms with Crippen molar-refractivity contribution < 1.29 is 65.4 Å². The van der Waals surface area contributed by atoms with Gasteiger partial charge in [0.1, 0.15) is 0 Å². The summed E-state index contributed by atoms with van der Waals surface area (Å²) >= 11 is 9.24. The zero-order valence-electron chi connectivity index (χ0n) is 19.7. The average Bonchev–Trinajstić information content (AvgIpc) is 3.52. The standard InChI is InChI=1S/C15H13S3.C11H11S2.2Y/c1-9-8-14(12-6-4-10(2)16-12)18-15(9)13-7-5-11(3)17-13;1-7-6-11(13-9(7)3)10-5-4-8(2)12-10;;/h4-7H,1-3H3;4-5H,1-3H3;;/q2*-1;;. The van der Waals surface area contributed by atoms with Crippen LogP contribution in [-0.4, -0.2) is 0 Å². The second-order valence-corrected chi connectivity index (χ2v) is 13.6. The zero-order valence-corrected chi connectivity index (χ0v) is 29.4. The Labute approximate surface area is 268 Å². The first-order valence-electron chi connectivity index (χ1n) is 10.0. The van der Waals surface area contributed by atoms with Crippen molar-refractivity contribution in [2.75, 3.05) is 0 Å². The van der Waals surface area contributed by atoms with E-state index in [4.69, 9.17) is 0 Å². The molecule has 0 bridgehead atoms. The van der Waals surface area contributed by atoms with E-state index < -0.39 is 0 Å². The maximum atomic E-state index is 3.52. The molecule has 0 N–H and O–H groups in total. The van der Waals surface area contributed by atoms with Crippen LogP contribution in [0.15, 0.2) is 36.4 Å². The van der Waals surface area contributed by atoms with Gasteiger partial charge in [-0.3, -0.25) is 0 Å². The van der Waals surface area contributed by atoms with E-state index in [9.17, 15) is 0 Å². The van der Waals surface area contributed by atoms with Crippen LogP contribution in [0.1, 0.15) is 30.6 Å². The summed E-state index contributed by atoms with van der Waals surface area (Å²) < 4.78 is 0. The van der Waals surface area contributed by atoms with Gasteiger partial charge in [0.25, 0.3) is 0 Å². The summed E-state index contributed by atoms with van der Waals surface area (Å²) in [6.45, 7) is 12.9. The zero-order chi connectivity index (χ0) is 22.1. The molecule has 5 rings (SSSR count). The molecule has 0 nitrogen and oxygen atoms in total. The normalized spacial score (nSPS) is 10.2. The van der Waals surface area contributed by atoms with Gasteiger partial charge in [-0.1, -0.05) is 80.4 Å². The molecule has 0 amide bonds. The fourth-order valence-corrected chi connectivity index (χ4v) is 8.05. The molecule has 5 aromatic rings. The summed E-state index contributed by atoms with van der Waals surface area (Å²) in [4.78, 5) is 13.4. The Balaban J connectivity index is 0.000000230. The van der Waals surface area contributed by atoms with E-state index in [1.807, 2.05) is 56.7 Å². The Morgan fingerprint density at radius 2 is 0.909 bits per heavy atom. The Hall–Kier alpha value is 0.708. The second kappa shape index (κ2) is 13.3. The Morgan fingerprint density at radius 1 is 0.485 bits per heavy atom. The molecule has 166 valence electrons. The molecule has 0 aliphatic heterocycles. The smallest absolute Gasteiger partial charge is 0.000969 e. The molecular weight excluding hydrogens is 650 g/mol. The van der Waals surface area contributed by atoms with Crippen LogP contribution in [0, 0.1) is 53.7 Å². The Bertz CT molecular complexity index is 1290. The number of aryl methyl sites for hydroxylation is 6. The predicted octanol–water partition coefficient (Wildman–Crippen LogP) is 10.1. The van der Waals surface area contributed by atoms with Crippen LogP contribution in [0.4, 0.5) is 0 Å². The third kappa shape index (κ3) is 7.60. The van der Waals surface area contributed by atoms with Crippen molar-refractivity contribution in [3.8, 4) is 29.3 Å². The predicted molar refractivity (Wildman–Crippen MR) is 145 cm³/mol. The van der Waals surface area contributed by atoms with Gasteiger partial charge in [-0.2, -0.15) is 29.0 Å². The minimum atomic E-state index is 0. The molecule has 0 unspecified atom stereocenters. The number of hydrogen-bond acceptors (Lipinski definition) is 5. The van der Waals surface area contributed by atoms with Gasteiger partial charge >= 0.3 is 0 Å². The van der Waals surface area contributed by atoms with E-state index in [0.717, 1.165) is 0 Å². The molecule has 0 spiro atoms. The van der Waals surface area contributed by atoms with Gasteiger partial charge in [0.2, 0.25) is 0 Å². The molecule has 7 heteroatoms. The minimum absolute atomic E-state index is 0. The molecule has 0 saturated carbocycles. The van der Waals surface area contributed by atoms with Crippen LogP contribution in [0.25, 0.3) is 29.3 Å². The molecule has 0 saturated heterocycles. The molecule has 33 heavy (non-hydrogen) atoms. The fraction of sp³-hybridized carbons (Fsp3) is 0.231. The van der Waals surface area contributed by atoms with Gasteiger partial charge in [0.15, 0.2) is 0 Å². The van der Waals surface area contributed by atoms with Crippen LogP contribution < -0.4 is 0 Å². The second-order valence-electron chi connectivity index (χ2n) is 7.48. The van der Waals surface area contributed by atoms with Gasteiger partial charge in [0, 0.05) is 70.3 Å². The van der Waals surface area contributed by atoms with E-state index in [-0.39, 0.29) is 65.4 Å². The summed E-state index contributed by atoms with van der Waals surface area (Å²) in [5.74, 6) is 0. The fourth-order valence-electron chi connectivity index (χ4n) is 3.07. The van der Waals surface area contributed by atoms with E-state index in [1.54, 1.807) is 0 Å². The average molecular weight is 675 g/mol. The molecule has 5 aromatic heterocycles. The number of thiophene rings is 5. The topological polar surface area (TPSA) is 0 Å². The molecule has 0 aliphatic rings. The van der Waals surface area contributed by atoms with Gasteiger partial charge in [-0.15, -0.1) is 5.56 Å². The van der Waals surface area contributed by atoms with Gasteiger partial charge in [0.05, 0.1) is 0 Å². The number of rotatable bonds is 3. The minimum Gasteiger partial charge on any atom is -0.234 e. The van der Waals surface area contributed by atoms with Crippen molar-refractivity contribution in [3.63, 3.8) is 0 Å². The van der Waals surface area contributed by atoms with Crippen LogP contribution >= 0.6 is 56.7 Å². The van der Waals surface area contributed by atoms with Crippen molar-refractivity contribution in [3.05, 3.63) is 79.2 Å². The molecule has 0 aliphatic carbocycles. The van der Waals surface area contributed by atoms with Crippen LogP contribution in [0.3, 0.4) is 0 Å². The van der Waals surface area contributed by atoms with Crippen molar-refractivity contribution in [2.24, 2.45) is 0 Å². The first-order chi connectivity index (χ1) is 14.8. The van der Waals surface area contributed by atoms with Crippen LogP contribution in [-0.2, 0) is 65.4 Å². The van der Waals surface area contributed by atoms with Crippen LogP contribution in [0.2, 0.25) is 0 Å². The summed E-state index contributed by atoms with van der Waals surface area (Å²) in [6, 6.07) is 20.1. The molecule has 0 fully saturated rings.